The normalized spacial score (nSPS) is 15.8. The molecule has 4 N–H and O–H groups in total. The van der Waals surface area contributed by atoms with Gasteiger partial charge in [0.2, 0.25) is 5.91 Å². The Balaban J connectivity index is 0.000000516. The van der Waals surface area contributed by atoms with Crippen LogP contribution in [-0.4, -0.2) is 49.4 Å². The molecule has 11 heteroatoms. The second kappa shape index (κ2) is 11.2. The van der Waals surface area contributed by atoms with Crippen molar-refractivity contribution in [2.45, 2.75) is 32.0 Å². The van der Waals surface area contributed by atoms with Crippen LogP contribution in [0.5, 0.6) is 5.75 Å². The zero-order valence-electron chi connectivity index (χ0n) is 15.8. The molecule has 1 unspecified atom stereocenters. The summed E-state index contributed by atoms with van der Waals surface area (Å²) in [6, 6.07) is 5.78. The van der Waals surface area contributed by atoms with Crippen LogP contribution in [0.1, 0.15) is 24.0 Å². The number of nitrogens with one attached hydrogen (secondary N) is 1. The molecule has 1 aliphatic rings. The van der Waals surface area contributed by atoms with E-state index in [0.29, 0.717) is 26.1 Å². The number of benzene rings is 1. The van der Waals surface area contributed by atoms with Gasteiger partial charge in [-0.3, -0.25) is 9.59 Å². The second-order valence-electron chi connectivity index (χ2n) is 6.12. The number of methoxy groups -OCH3 is 1. The minimum atomic E-state index is -5.08. The van der Waals surface area contributed by atoms with E-state index in [-0.39, 0.29) is 18.3 Å². The van der Waals surface area contributed by atoms with E-state index in [9.17, 15) is 22.8 Å². The van der Waals surface area contributed by atoms with Gasteiger partial charge in [-0.1, -0.05) is 6.07 Å². The van der Waals surface area contributed by atoms with E-state index < -0.39 is 18.1 Å². The van der Waals surface area contributed by atoms with Gasteiger partial charge in [-0.05, 0) is 42.6 Å². The number of fused-ring (bicyclic) bond motifs is 1. The third-order valence-corrected chi connectivity index (χ3v) is 3.97. The maximum atomic E-state index is 12.1. The van der Waals surface area contributed by atoms with Gasteiger partial charge in [-0.15, -0.1) is 0 Å². The molecular formula is C18H23F3N2O6. The van der Waals surface area contributed by atoms with Gasteiger partial charge in [-0.25, -0.2) is 4.79 Å². The van der Waals surface area contributed by atoms with Crippen molar-refractivity contribution in [2.24, 2.45) is 11.7 Å². The van der Waals surface area contributed by atoms with Gasteiger partial charge in [0.15, 0.2) is 0 Å². The van der Waals surface area contributed by atoms with Gasteiger partial charge in [0.1, 0.15) is 5.75 Å². The zero-order chi connectivity index (χ0) is 22.0. The van der Waals surface area contributed by atoms with Crippen LogP contribution in [-0.2, 0) is 32.1 Å². The second-order valence-corrected chi connectivity index (χ2v) is 6.12. The maximum absolute atomic E-state index is 12.1. The van der Waals surface area contributed by atoms with Gasteiger partial charge in [0.05, 0.1) is 26.1 Å². The number of hydrogen-bond donors (Lipinski definition) is 3. The molecular weight excluding hydrogens is 397 g/mol. The molecule has 8 nitrogen and oxygen atoms in total. The van der Waals surface area contributed by atoms with Gasteiger partial charge in [0.25, 0.3) is 0 Å². The minimum absolute atomic E-state index is 0.0938. The predicted octanol–water partition coefficient (Wildman–Crippen LogP) is 1.40. The molecule has 162 valence electrons. The molecule has 0 aliphatic carbocycles. The summed E-state index contributed by atoms with van der Waals surface area (Å²) in [5.41, 5.74) is 7.51. The Kier molecular flexibility index (Phi) is 9.39. The largest absolute Gasteiger partial charge is 0.494 e. The first kappa shape index (κ1) is 24.2. The van der Waals surface area contributed by atoms with Gasteiger partial charge >= 0.3 is 18.1 Å². The smallest absolute Gasteiger partial charge is 0.490 e. The summed E-state index contributed by atoms with van der Waals surface area (Å²) in [5, 5.41) is 9.98. The Hall–Kier alpha value is -2.82. The number of rotatable bonds is 6. The Bertz CT molecular complexity index is 724. The number of carboxylic acids is 1. The first-order valence-corrected chi connectivity index (χ1v) is 8.67. The van der Waals surface area contributed by atoms with Crippen LogP contribution < -0.4 is 15.8 Å². The lowest BCUT2D eigenvalue weighted by Gasteiger charge is -2.12. The van der Waals surface area contributed by atoms with E-state index in [1.807, 2.05) is 18.2 Å². The summed E-state index contributed by atoms with van der Waals surface area (Å²) in [6.07, 6.45) is -3.66. The van der Waals surface area contributed by atoms with Crippen molar-refractivity contribution in [2.75, 3.05) is 20.3 Å². The number of esters is 1. The molecule has 0 saturated carbocycles. The third-order valence-electron chi connectivity index (χ3n) is 3.97. The SMILES string of the molecule is COC(=O)CC1Cc2ccc(OCCCN)cc2CNC1=O.O=C(O)C(F)(F)F. The van der Waals surface area contributed by atoms with E-state index in [2.05, 4.69) is 10.1 Å². The fraction of sp³-hybridized carbons (Fsp3) is 0.500. The molecule has 1 aromatic carbocycles. The lowest BCUT2D eigenvalue weighted by molar-refractivity contribution is -0.192. The molecule has 0 saturated heterocycles. The van der Waals surface area contributed by atoms with Crippen molar-refractivity contribution in [3.63, 3.8) is 0 Å². The van der Waals surface area contributed by atoms with Crippen molar-refractivity contribution < 1.29 is 42.1 Å². The van der Waals surface area contributed by atoms with Crippen molar-refractivity contribution in [1.82, 2.24) is 5.32 Å². The van der Waals surface area contributed by atoms with Gasteiger partial charge < -0.3 is 25.6 Å². The van der Waals surface area contributed by atoms with Crippen LogP contribution in [0, 0.1) is 5.92 Å². The Morgan fingerprint density at radius 3 is 2.52 bits per heavy atom. The maximum Gasteiger partial charge on any atom is 0.490 e. The standard InChI is InChI=1S/C16H22N2O4.C2HF3O2/c1-21-15(19)9-12-7-11-3-4-14(22-6-2-5-17)8-13(11)10-18-16(12)20;3-2(4,5)1(6)7/h3-4,8,12H,2,5-7,9-10,17H2,1H3,(H,18,20);(H,6,7). The monoisotopic (exact) mass is 420 g/mol. The lowest BCUT2D eigenvalue weighted by atomic mass is 9.94. The van der Waals surface area contributed by atoms with Crippen molar-refractivity contribution >= 4 is 17.8 Å². The Morgan fingerprint density at radius 1 is 1.31 bits per heavy atom. The van der Waals surface area contributed by atoms with Crippen molar-refractivity contribution in [3.05, 3.63) is 29.3 Å². The Morgan fingerprint density at radius 2 is 1.97 bits per heavy atom. The topological polar surface area (TPSA) is 128 Å². The molecule has 0 bridgehead atoms. The van der Waals surface area contributed by atoms with Gasteiger partial charge in [-0.2, -0.15) is 13.2 Å². The highest BCUT2D eigenvalue weighted by Gasteiger charge is 2.38. The number of nitrogens with two attached hydrogens (primary N) is 1. The first-order chi connectivity index (χ1) is 13.6. The van der Waals surface area contributed by atoms with E-state index in [1.54, 1.807) is 0 Å². The summed E-state index contributed by atoms with van der Waals surface area (Å²) in [7, 11) is 1.33. The average molecular weight is 420 g/mol. The molecule has 1 amide bonds. The van der Waals surface area contributed by atoms with Crippen LogP contribution in [0.4, 0.5) is 13.2 Å². The van der Waals surface area contributed by atoms with E-state index in [4.69, 9.17) is 20.4 Å². The summed E-state index contributed by atoms with van der Waals surface area (Å²) < 4.78 is 42.0. The summed E-state index contributed by atoms with van der Waals surface area (Å²) >= 11 is 0. The molecule has 0 spiro atoms. The van der Waals surface area contributed by atoms with Crippen LogP contribution >= 0.6 is 0 Å². The molecule has 2 rings (SSSR count). The molecule has 1 atom stereocenters. The highest BCUT2D eigenvalue weighted by Crippen LogP contribution is 2.25. The summed E-state index contributed by atoms with van der Waals surface area (Å²) in [5.74, 6) is -2.87. The quantitative estimate of drug-likeness (QED) is 0.469. The number of carbonyl (C=O) groups is 3. The summed E-state index contributed by atoms with van der Waals surface area (Å²) in [4.78, 5) is 32.4. The molecule has 1 aromatic rings. The molecule has 0 fully saturated rings. The van der Waals surface area contributed by atoms with E-state index >= 15 is 0 Å². The minimum Gasteiger partial charge on any atom is -0.494 e. The van der Waals surface area contributed by atoms with Crippen LogP contribution in [0.2, 0.25) is 0 Å². The van der Waals surface area contributed by atoms with Crippen LogP contribution in [0.15, 0.2) is 18.2 Å². The predicted molar refractivity (Wildman–Crippen MR) is 95.0 cm³/mol. The zero-order valence-corrected chi connectivity index (χ0v) is 15.8. The van der Waals surface area contributed by atoms with Gasteiger partial charge in [0, 0.05) is 6.54 Å². The molecule has 0 radical (unpaired) electrons. The fourth-order valence-corrected chi connectivity index (χ4v) is 2.46. The van der Waals surface area contributed by atoms with Crippen molar-refractivity contribution in [3.8, 4) is 5.75 Å². The highest BCUT2D eigenvalue weighted by atomic mass is 19.4. The van der Waals surface area contributed by atoms with Crippen LogP contribution in [0.25, 0.3) is 0 Å². The van der Waals surface area contributed by atoms with E-state index in [0.717, 1.165) is 23.3 Å². The number of alkyl halides is 3. The number of carbonyl (C=O) groups excluding carboxylic acids is 2. The highest BCUT2D eigenvalue weighted by molar-refractivity contribution is 5.84. The Labute approximate surface area is 165 Å². The summed E-state index contributed by atoms with van der Waals surface area (Å²) in [6.45, 7) is 1.61. The number of carboxylic acid groups (broad SMARTS) is 1. The third kappa shape index (κ3) is 8.38. The number of aliphatic carboxylic acids is 1. The fourth-order valence-electron chi connectivity index (χ4n) is 2.46. The number of halogens is 3. The van der Waals surface area contributed by atoms with Crippen molar-refractivity contribution in [1.29, 1.82) is 0 Å². The molecule has 1 aliphatic heterocycles. The lowest BCUT2D eigenvalue weighted by Crippen LogP contribution is -2.30. The number of ether oxygens (including phenoxy) is 2. The molecule has 1 heterocycles. The number of amides is 1. The average Bonchev–Trinajstić information content (AvgIpc) is 2.81. The molecule has 0 aromatic heterocycles. The van der Waals surface area contributed by atoms with Crippen LogP contribution in [0.3, 0.4) is 0 Å². The first-order valence-electron chi connectivity index (χ1n) is 8.67. The van der Waals surface area contributed by atoms with E-state index in [1.165, 1.54) is 7.11 Å². The number of hydrogen-bond acceptors (Lipinski definition) is 6. The molecule has 29 heavy (non-hydrogen) atoms.